The quantitative estimate of drug-likeness (QED) is 0.844. The molecule has 7 nitrogen and oxygen atoms in total. The molecule has 0 aliphatic carbocycles. The van der Waals surface area contributed by atoms with Crippen LogP contribution in [0.2, 0.25) is 0 Å². The second-order valence-corrected chi connectivity index (χ2v) is 6.05. The SMILES string of the molecule is CNC(=O)C1CCCN1c1nnc(CNC(C)(C)C)o1. The molecule has 112 valence electrons. The Balaban J connectivity index is 2.02. The number of hydrogen-bond acceptors (Lipinski definition) is 6. The molecule has 0 aromatic carbocycles. The van der Waals surface area contributed by atoms with Gasteiger partial charge < -0.3 is 20.0 Å². The van der Waals surface area contributed by atoms with Gasteiger partial charge in [-0.25, -0.2) is 0 Å². The molecule has 0 spiro atoms. The minimum Gasteiger partial charge on any atom is -0.407 e. The van der Waals surface area contributed by atoms with Crippen molar-refractivity contribution < 1.29 is 9.21 Å². The summed E-state index contributed by atoms with van der Waals surface area (Å²) in [5.74, 6) is 0.535. The summed E-state index contributed by atoms with van der Waals surface area (Å²) in [6.45, 7) is 7.52. The van der Waals surface area contributed by atoms with Crippen LogP contribution in [0.4, 0.5) is 6.01 Å². The topological polar surface area (TPSA) is 83.3 Å². The molecule has 0 bridgehead atoms. The number of aromatic nitrogens is 2. The fourth-order valence-corrected chi connectivity index (χ4v) is 2.21. The Bertz CT molecular complexity index is 466. The highest BCUT2D eigenvalue weighted by Gasteiger charge is 2.33. The summed E-state index contributed by atoms with van der Waals surface area (Å²) in [5, 5.41) is 14.1. The van der Waals surface area contributed by atoms with Crippen LogP contribution in [0.25, 0.3) is 0 Å². The number of likely N-dealkylation sites (N-methyl/N-ethyl adjacent to an activating group) is 1. The number of nitrogens with zero attached hydrogens (tertiary/aromatic N) is 3. The Labute approximate surface area is 119 Å². The lowest BCUT2D eigenvalue weighted by atomic mass is 10.1. The Morgan fingerprint density at radius 1 is 1.45 bits per heavy atom. The maximum absolute atomic E-state index is 11.8. The van der Waals surface area contributed by atoms with E-state index in [4.69, 9.17) is 4.42 Å². The van der Waals surface area contributed by atoms with Gasteiger partial charge in [0.15, 0.2) is 0 Å². The molecular formula is C13H23N5O2. The van der Waals surface area contributed by atoms with Crippen molar-refractivity contribution in [3.05, 3.63) is 5.89 Å². The molecule has 1 aliphatic rings. The standard InChI is InChI=1S/C13H23N5O2/c1-13(2,3)15-8-10-16-17-12(20-10)18-7-5-6-9(18)11(19)14-4/h9,15H,5-8H2,1-4H3,(H,14,19). The van der Waals surface area contributed by atoms with Crippen molar-refractivity contribution in [3.63, 3.8) is 0 Å². The second kappa shape index (κ2) is 5.78. The predicted molar refractivity (Wildman–Crippen MR) is 75.3 cm³/mol. The van der Waals surface area contributed by atoms with E-state index in [0.717, 1.165) is 19.4 Å². The molecule has 1 aromatic heterocycles. The summed E-state index contributed by atoms with van der Waals surface area (Å²) >= 11 is 0. The van der Waals surface area contributed by atoms with Gasteiger partial charge in [-0.2, -0.15) is 0 Å². The van der Waals surface area contributed by atoms with Crippen molar-refractivity contribution in [2.45, 2.75) is 51.7 Å². The maximum Gasteiger partial charge on any atom is 0.318 e. The highest BCUT2D eigenvalue weighted by atomic mass is 16.4. The summed E-state index contributed by atoms with van der Waals surface area (Å²) in [5.41, 5.74) is -0.00703. The molecule has 0 radical (unpaired) electrons. The molecule has 2 heterocycles. The van der Waals surface area contributed by atoms with E-state index < -0.39 is 0 Å². The van der Waals surface area contributed by atoms with Crippen molar-refractivity contribution in [2.24, 2.45) is 0 Å². The third-order valence-corrected chi connectivity index (χ3v) is 3.27. The average Bonchev–Trinajstić information content (AvgIpc) is 3.02. The number of nitrogens with one attached hydrogen (secondary N) is 2. The second-order valence-electron chi connectivity index (χ2n) is 6.05. The smallest absolute Gasteiger partial charge is 0.318 e. The van der Waals surface area contributed by atoms with Crippen LogP contribution in [0.5, 0.6) is 0 Å². The Kier molecular flexibility index (Phi) is 4.27. The van der Waals surface area contributed by atoms with Crippen molar-refractivity contribution in [2.75, 3.05) is 18.5 Å². The highest BCUT2D eigenvalue weighted by Crippen LogP contribution is 2.24. The number of carbonyl (C=O) groups is 1. The van der Waals surface area contributed by atoms with Crippen molar-refractivity contribution in [1.82, 2.24) is 20.8 Å². The van der Waals surface area contributed by atoms with E-state index in [1.165, 1.54) is 0 Å². The number of anilines is 1. The number of hydrogen-bond donors (Lipinski definition) is 2. The molecule has 1 fully saturated rings. The molecule has 1 unspecified atom stereocenters. The van der Waals surface area contributed by atoms with E-state index >= 15 is 0 Å². The summed E-state index contributed by atoms with van der Waals surface area (Å²) in [6.07, 6.45) is 1.77. The van der Waals surface area contributed by atoms with E-state index in [-0.39, 0.29) is 17.5 Å². The van der Waals surface area contributed by atoms with Crippen LogP contribution >= 0.6 is 0 Å². The summed E-state index contributed by atoms with van der Waals surface area (Å²) < 4.78 is 5.65. The van der Waals surface area contributed by atoms with Crippen molar-refractivity contribution in [1.29, 1.82) is 0 Å². The van der Waals surface area contributed by atoms with Crippen LogP contribution in [0, 0.1) is 0 Å². The van der Waals surface area contributed by atoms with Crippen LogP contribution < -0.4 is 15.5 Å². The lowest BCUT2D eigenvalue weighted by Gasteiger charge is -2.20. The van der Waals surface area contributed by atoms with Gasteiger partial charge in [0, 0.05) is 19.1 Å². The lowest BCUT2D eigenvalue weighted by Crippen LogP contribution is -2.42. The summed E-state index contributed by atoms with van der Waals surface area (Å²) in [6, 6.07) is 0.227. The van der Waals surface area contributed by atoms with Gasteiger partial charge in [-0.15, -0.1) is 5.10 Å². The van der Waals surface area contributed by atoms with Gasteiger partial charge in [-0.1, -0.05) is 5.10 Å². The fourth-order valence-electron chi connectivity index (χ4n) is 2.21. The molecule has 1 aromatic rings. The monoisotopic (exact) mass is 281 g/mol. The first-order chi connectivity index (χ1) is 9.40. The van der Waals surface area contributed by atoms with Gasteiger partial charge in [0.05, 0.1) is 6.54 Å². The molecule has 1 amide bonds. The normalized spacial score (nSPS) is 19.4. The molecule has 1 atom stereocenters. The van der Waals surface area contributed by atoms with Gasteiger partial charge in [0.1, 0.15) is 6.04 Å². The third kappa shape index (κ3) is 3.47. The zero-order valence-electron chi connectivity index (χ0n) is 12.6. The molecule has 7 heteroatoms. The van der Waals surface area contributed by atoms with E-state index in [1.807, 2.05) is 4.90 Å². The van der Waals surface area contributed by atoms with Crippen molar-refractivity contribution in [3.8, 4) is 0 Å². The molecule has 2 rings (SSSR count). The van der Waals surface area contributed by atoms with Gasteiger partial charge in [0.25, 0.3) is 0 Å². The molecular weight excluding hydrogens is 258 g/mol. The first-order valence-corrected chi connectivity index (χ1v) is 6.96. The molecule has 0 saturated carbocycles. The molecule has 2 N–H and O–H groups in total. The summed E-state index contributed by atoms with van der Waals surface area (Å²) in [4.78, 5) is 13.7. The molecule has 1 saturated heterocycles. The van der Waals surface area contributed by atoms with Gasteiger partial charge in [-0.3, -0.25) is 4.79 Å². The lowest BCUT2D eigenvalue weighted by molar-refractivity contribution is -0.121. The first kappa shape index (κ1) is 14.8. The fraction of sp³-hybridized carbons (Fsp3) is 0.769. The van der Waals surface area contributed by atoms with Gasteiger partial charge in [-0.05, 0) is 33.6 Å². The molecule has 20 heavy (non-hydrogen) atoms. The Morgan fingerprint density at radius 3 is 2.85 bits per heavy atom. The maximum atomic E-state index is 11.8. The van der Waals surface area contributed by atoms with E-state index in [9.17, 15) is 4.79 Å². The van der Waals surface area contributed by atoms with Crippen LogP contribution in [0.15, 0.2) is 4.42 Å². The first-order valence-electron chi connectivity index (χ1n) is 6.96. The Morgan fingerprint density at radius 2 is 2.20 bits per heavy atom. The van der Waals surface area contributed by atoms with Crippen LogP contribution in [0.1, 0.15) is 39.5 Å². The number of rotatable bonds is 4. The average molecular weight is 281 g/mol. The zero-order valence-corrected chi connectivity index (χ0v) is 12.6. The summed E-state index contributed by atoms with van der Waals surface area (Å²) in [7, 11) is 1.64. The van der Waals surface area contributed by atoms with E-state index in [2.05, 4.69) is 41.6 Å². The third-order valence-electron chi connectivity index (χ3n) is 3.27. The Hall–Kier alpha value is -1.63. The van der Waals surface area contributed by atoms with Crippen molar-refractivity contribution >= 4 is 11.9 Å². The largest absolute Gasteiger partial charge is 0.407 e. The molecule has 1 aliphatic heterocycles. The van der Waals surface area contributed by atoms with Gasteiger partial charge >= 0.3 is 6.01 Å². The predicted octanol–water partition coefficient (Wildman–Crippen LogP) is 0.672. The minimum absolute atomic E-state index is 0.00457. The van der Waals surface area contributed by atoms with Crippen LogP contribution in [-0.4, -0.2) is 41.3 Å². The highest BCUT2D eigenvalue weighted by molar-refractivity contribution is 5.84. The number of amides is 1. The minimum atomic E-state index is -0.205. The van der Waals surface area contributed by atoms with Crippen LogP contribution in [0.3, 0.4) is 0 Å². The van der Waals surface area contributed by atoms with Gasteiger partial charge in [0.2, 0.25) is 11.8 Å². The zero-order chi connectivity index (χ0) is 14.8. The number of carbonyl (C=O) groups excluding carboxylic acids is 1. The van der Waals surface area contributed by atoms with Crippen LogP contribution in [-0.2, 0) is 11.3 Å². The van der Waals surface area contributed by atoms with E-state index in [1.54, 1.807) is 7.05 Å². The van der Waals surface area contributed by atoms with E-state index in [0.29, 0.717) is 18.5 Å².